The second-order valence-electron chi connectivity index (χ2n) is 4.62. The van der Waals surface area contributed by atoms with Crippen LogP contribution >= 0.6 is 11.6 Å². The zero-order valence-electron chi connectivity index (χ0n) is 11.1. The maximum atomic E-state index is 9.67. The second kappa shape index (κ2) is 6.43. The molecule has 2 rings (SSSR count). The van der Waals surface area contributed by atoms with E-state index < -0.39 is 6.10 Å². The lowest BCUT2D eigenvalue weighted by Gasteiger charge is -2.20. The molecule has 1 aromatic carbocycles. The molecule has 0 saturated heterocycles. The van der Waals surface area contributed by atoms with E-state index >= 15 is 0 Å². The molecule has 1 aromatic rings. The van der Waals surface area contributed by atoms with E-state index in [0.29, 0.717) is 36.2 Å². The third-order valence-corrected chi connectivity index (χ3v) is 3.10. The van der Waals surface area contributed by atoms with Crippen LogP contribution in [0.25, 0.3) is 0 Å². The summed E-state index contributed by atoms with van der Waals surface area (Å²) in [6, 6.07) is 3.77. The molecule has 5 nitrogen and oxygen atoms in total. The van der Waals surface area contributed by atoms with Gasteiger partial charge in [0.05, 0.1) is 17.7 Å². The van der Waals surface area contributed by atoms with Gasteiger partial charge in [-0.2, -0.15) is 0 Å². The van der Waals surface area contributed by atoms with Gasteiger partial charge < -0.3 is 19.3 Å². The monoisotopic (exact) mass is 287 g/mol. The number of ether oxygens (including phenoxy) is 3. The molecule has 0 radical (unpaired) electrons. The Kier molecular flexibility index (Phi) is 4.87. The summed E-state index contributed by atoms with van der Waals surface area (Å²) in [6.07, 6.45) is -0.500. The van der Waals surface area contributed by atoms with Gasteiger partial charge in [0.15, 0.2) is 11.5 Å². The molecule has 0 fully saturated rings. The van der Waals surface area contributed by atoms with Crippen LogP contribution in [0.4, 0.5) is 0 Å². The van der Waals surface area contributed by atoms with Gasteiger partial charge in [0.25, 0.3) is 0 Å². The first kappa shape index (κ1) is 14.4. The average Bonchev–Trinajstić information content (AvgIpc) is 2.77. The molecule has 0 aromatic heterocycles. The van der Waals surface area contributed by atoms with Crippen molar-refractivity contribution < 1.29 is 19.3 Å². The van der Waals surface area contributed by atoms with Crippen LogP contribution in [-0.2, 0) is 11.3 Å². The molecular formula is C13H18ClNO4. The fourth-order valence-electron chi connectivity index (χ4n) is 2.09. The van der Waals surface area contributed by atoms with Crippen LogP contribution in [0.1, 0.15) is 5.56 Å². The van der Waals surface area contributed by atoms with Gasteiger partial charge in [-0.25, -0.2) is 0 Å². The van der Waals surface area contributed by atoms with Gasteiger partial charge in [-0.05, 0) is 24.7 Å². The predicted molar refractivity (Wildman–Crippen MR) is 71.8 cm³/mol. The molecule has 0 saturated carbocycles. The van der Waals surface area contributed by atoms with Crippen molar-refractivity contribution in [3.63, 3.8) is 0 Å². The van der Waals surface area contributed by atoms with Crippen LogP contribution in [0.15, 0.2) is 12.1 Å². The number of aliphatic hydroxyl groups is 1. The van der Waals surface area contributed by atoms with Crippen molar-refractivity contribution in [3.05, 3.63) is 22.7 Å². The van der Waals surface area contributed by atoms with Gasteiger partial charge in [-0.3, -0.25) is 4.90 Å². The minimum Gasteiger partial charge on any atom is -0.454 e. The number of benzene rings is 1. The van der Waals surface area contributed by atoms with E-state index in [9.17, 15) is 5.11 Å². The lowest BCUT2D eigenvalue weighted by molar-refractivity contribution is 0.0419. The standard InChI is InChI=1S/C13H18ClNO4/c1-15(6-10(16)7-17-2)5-9-3-11(14)13-12(4-9)18-8-19-13/h3-4,10,16H,5-8H2,1-2H3. The van der Waals surface area contributed by atoms with E-state index in [-0.39, 0.29) is 6.79 Å². The number of hydrogen-bond acceptors (Lipinski definition) is 5. The summed E-state index contributed by atoms with van der Waals surface area (Å²) in [5, 5.41) is 10.2. The molecule has 1 aliphatic rings. The highest BCUT2D eigenvalue weighted by Crippen LogP contribution is 2.39. The third-order valence-electron chi connectivity index (χ3n) is 2.82. The molecule has 19 heavy (non-hydrogen) atoms. The number of nitrogens with zero attached hydrogens (tertiary/aromatic N) is 1. The van der Waals surface area contributed by atoms with Gasteiger partial charge in [0.1, 0.15) is 0 Å². The number of methoxy groups -OCH3 is 1. The zero-order valence-corrected chi connectivity index (χ0v) is 11.8. The van der Waals surface area contributed by atoms with E-state index in [2.05, 4.69) is 0 Å². The maximum Gasteiger partial charge on any atom is 0.231 e. The summed E-state index contributed by atoms with van der Waals surface area (Å²) in [5.74, 6) is 1.28. The molecule has 1 unspecified atom stereocenters. The Morgan fingerprint density at radius 3 is 3.00 bits per heavy atom. The highest BCUT2D eigenvalue weighted by Gasteiger charge is 2.19. The largest absolute Gasteiger partial charge is 0.454 e. The van der Waals surface area contributed by atoms with Gasteiger partial charge in [0.2, 0.25) is 6.79 Å². The van der Waals surface area contributed by atoms with Crippen molar-refractivity contribution in [1.29, 1.82) is 0 Å². The van der Waals surface area contributed by atoms with Crippen LogP contribution < -0.4 is 9.47 Å². The SMILES string of the molecule is COCC(O)CN(C)Cc1cc(Cl)c2c(c1)OCO2. The molecule has 0 bridgehead atoms. The van der Waals surface area contributed by atoms with Crippen molar-refractivity contribution in [3.8, 4) is 11.5 Å². The third kappa shape index (κ3) is 3.73. The zero-order chi connectivity index (χ0) is 13.8. The topological polar surface area (TPSA) is 51.2 Å². The first-order valence-corrected chi connectivity index (χ1v) is 6.41. The van der Waals surface area contributed by atoms with Gasteiger partial charge >= 0.3 is 0 Å². The van der Waals surface area contributed by atoms with Gasteiger partial charge in [-0.15, -0.1) is 0 Å². The molecule has 106 valence electrons. The van der Waals surface area contributed by atoms with E-state index in [1.54, 1.807) is 7.11 Å². The molecule has 1 heterocycles. The fraction of sp³-hybridized carbons (Fsp3) is 0.538. The van der Waals surface area contributed by atoms with Crippen molar-refractivity contribution >= 4 is 11.6 Å². The molecule has 1 N–H and O–H groups in total. The molecule has 0 aliphatic carbocycles. The number of halogens is 1. The second-order valence-corrected chi connectivity index (χ2v) is 5.02. The van der Waals surface area contributed by atoms with Gasteiger partial charge in [0, 0.05) is 20.2 Å². The number of hydrogen-bond donors (Lipinski definition) is 1. The predicted octanol–water partition coefficient (Wildman–Crippen LogP) is 1.51. The number of fused-ring (bicyclic) bond motifs is 1. The summed E-state index contributed by atoms with van der Waals surface area (Å²) >= 11 is 6.12. The van der Waals surface area contributed by atoms with Gasteiger partial charge in [-0.1, -0.05) is 11.6 Å². The van der Waals surface area contributed by atoms with Crippen molar-refractivity contribution in [2.24, 2.45) is 0 Å². The quantitative estimate of drug-likeness (QED) is 0.859. The molecule has 6 heteroatoms. The Morgan fingerprint density at radius 2 is 2.26 bits per heavy atom. The van der Waals surface area contributed by atoms with Crippen LogP contribution in [0.5, 0.6) is 11.5 Å². The number of aliphatic hydroxyl groups excluding tert-OH is 1. The summed E-state index contributed by atoms with van der Waals surface area (Å²) in [7, 11) is 3.50. The summed E-state index contributed by atoms with van der Waals surface area (Å²) in [4.78, 5) is 2.00. The first-order valence-electron chi connectivity index (χ1n) is 6.03. The summed E-state index contributed by atoms with van der Waals surface area (Å²) < 4.78 is 15.5. The number of rotatable bonds is 6. The summed E-state index contributed by atoms with van der Waals surface area (Å²) in [5.41, 5.74) is 1.02. The Hall–Kier alpha value is -1.01. The Balaban J connectivity index is 1.97. The maximum absolute atomic E-state index is 9.67. The van der Waals surface area contributed by atoms with Crippen molar-refractivity contribution in [2.75, 3.05) is 34.1 Å². The molecule has 0 amide bonds. The molecule has 1 aliphatic heterocycles. The first-order chi connectivity index (χ1) is 9.10. The van der Waals surface area contributed by atoms with Crippen LogP contribution in [0.2, 0.25) is 5.02 Å². The number of likely N-dealkylation sites (N-methyl/N-ethyl adjacent to an activating group) is 1. The van der Waals surface area contributed by atoms with Crippen LogP contribution in [0.3, 0.4) is 0 Å². The highest BCUT2D eigenvalue weighted by molar-refractivity contribution is 6.32. The van der Waals surface area contributed by atoms with Crippen molar-refractivity contribution in [1.82, 2.24) is 4.90 Å². The smallest absolute Gasteiger partial charge is 0.231 e. The average molecular weight is 288 g/mol. The van der Waals surface area contributed by atoms with Crippen LogP contribution in [0, 0.1) is 0 Å². The van der Waals surface area contributed by atoms with Crippen LogP contribution in [-0.4, -0.2) is 50.2 Å². The molecule has 1 atom stereocenters. The van der Waals surface area contributed by atoms with E-state index in [4.69, 9.17) is 25.8 Å². The van der Waals surface area contributed by atoms with E-state index in [1.807, 2.05) is 24.1 Å². The summed E-state index contributed by atoms with van der Waals surface area (Å²) in [6.45, 7) is 1.73. The van der Waals surface area contributed by atoms with E-state index in [0.717, 1.165) is 5.56 Å². The normalized spacial score (nSPS) is 15.0. The van der Waals surface area contributed by atoms with Crippen molar-refractivity contribution in [2.45, 2.75) is 12.6 Å². The minimum atomic E-state index is -0.500. The lowest BCUT2D eigenvalue weighted by Crippen LogP contribution is -2.31. The molecule has 0 spiro atoms. The minimum absolute atomic E-state index is 0.209. The Bertz CT molecular complexity index is 441. The lowest BCUT2D eigenvalue weighted by atomic mass is 10.2. The van der Waals surface area contributed by atoms with E-state index in [1.165, 1.54) is 0 Å². The Labute approximate surface area is 117 Å². The Morgan fingerprint density at radius 1 is 1.47 bits per heavy atom. The fourth-order valence-corrected chi connectivity index (χ4v) is 2.38. The highest BCUT2D eigenvalue weighted by atomic mass is 35.5. The molecular weight excluding hydrogens is 270 g/mol.